The molecule has 0 aromatic rings. The Labute approximate surface area is 124 Å². The smallest absolute Gasteiger partial charge is 0.326 e. The molecule has 1 heterocycles. The van der Waals surface area contributed by atoms with Gasteiger partial charge in [-0.3, -0.25) is 9.59 Å². The summed E-state index contributed by atoms with van der Waals surface area (Å²) < 4.78 is 4.49. The molecule has 120 valence electrons. The molecule has 1 fully saturated rings. The van der Waals surface area contributed by atoms with Crippen LogP contribution in [-0.2, 0) is 19.1 Å². The molecule has 7 heteroatoms. The number of nitrogens with one attached hydrogen (secondary N) is 2. The molecule has 1 saturated heterocycles. The van der Waals surface area contributed by atoms with E-state index in [1.807, 2.05) is 6.92 Å². The summed E-state index contributed by atoms with van der Waals surface area (Å²) in [6.07, 6.45) is 2.27. The van der Waals surface area contributed by atoms with E-state index < -0.39 is 23.4 Å². The Balaban J connectivity index is 2.66. The SMILES string of the molecule is CCCC1(C(=O)N[C@H](CCC(=O)OC)C(=O)O)CCNC1. The summed E-state index contributed by atoms with van der Waals surface area (Å²) >= 11 is 0. The van der Waals surface area contributed by atoms with Gasteiger partial charge in [-0.05, 0) is 25.8 Å². The number of carbonyl (C=O) groups is 3. The van der Waals surface area contributed by atoms with Gasteiger partial charge in [0.1, 0.15) is 6.04 Å². The summed E-state index contributed by atoms with van der Waals surface area (Å²) in [6, 6.07) is -1.06. The zero-order valence-corrected chi connectivity index (χ0v) is 12.6. The molecule has 21 heavy (non-hydrogen) atoms. The molecule has 1 rings (SSSR count). The van der Waals surface area contributed by atoms with Crippen LogP contribution in [0, 0.1) is 5.41 Å². The second-order valence-corrected chi connectivity index (χ2v) is 5.44. The maximum absolute atomic E-state index is 12.5. The summed E-state index contributed by atoms with van der Waals surface area (Å²) in [4.78, 5) is 34.8. The summed E-state index contributed by atoms with van der Waals surface area (Å²) in [7, 11) is 1.25. The van der Waals surface area contributed by atoms with Gasteiger partial charge in [-0.15, -0.1) is 0 Å². The Morgan fingerprint density at radius 1 is 1.43 bits per heavy atom. The molecule has 0 bridgehead atoms. The van der Waals surface area contributed by atoms with Crippen molar-refractivity contribution in [2.24, 2.45) is 5.41 Å². The molecule has 2 atom stereocenters. The first-order valence-corrected chi connectivity index (χ1v) is 7.26. The minimum atomic E-state index is -1.13. The predicted octanol–water partition coefficient (Wildman–Crippen LogP) is 0.289. The lowest BCUT2D eigenvalue weighted by Crippen LogP contribution is -2.49. The van der Waals surface area contributed by atoms with E-state index >= 15 is 0 Å². The lowest BCUT2D eigenvalue weighted by Gasteiger charge is -2.28. The molecule has 1 aliphatic rings. The van der Waals surface area contributed by atoms with E-state index in [2.05, 4.69) is 15.4 Å². The van der Waals surface area contributed by atoms with Gasteiger partial charge in [0.2, 0.25) is 5.91 Å². The van der Waals surface area contributed by atoms with Gasteiger partial charge in [-0.25, -0.2) is 4.79 Å². The van der Waals surface area contributed by atoms with Gasteiger partial charge in [0.15, 0.2) is 0 Å². The lowest BCUT2D eigenvalue weighted by molar-refractivity contribution is -0.145. The monoisotopic (exact) mass is 300 g/mol. The van der Waals surface area contributed by atoms with Gasteiger partial charge in [-0.1, -0.05) is 13.3 Å². The number of carbonyl (C=O) groups excluding carboxylic acids is 2. The van der Waals surface area contributed by atoms with Crippen LogP contribution in [0.5, 0.6) is 0 Å². The van der Waals surface area contributed by atoms with Crippen molar-refractivity contribution in [2.75, 3.05) is 20.2 Å². The molecule has 0 aromatic carbocycles. The van der Waals surface area contributed by atoms with E-state index in [9.17, 15) is 19.5 Å². The first-order chi connectivity index (χ1) is 9.95. The number of methoxy groups -OCH3 is 1. The number of rotatable bonds is 8. The maximum atomic E-state index is 12.5. The minimum absolute atomic E-state index is 0.0311. The number of carboxylic acid groups (broad SMARTS) is 1. The van der Waals surface area contributed by atoms with E-state index in [0.717, 1.165) is 19.4 Å². The third-order valence-electron chi connectivity index (χ3n) is 3.92. The van der Waals surface area contributed by atoms with Gasteiger partial charge in [0, 0.05) is 13.0 Å². The largest absolute Gasteiger partial charge is 0.480 e. The Kier molecular flexibility index (Phi) is 6.61. The molecular weight excluding hydrogens is 276 g/mol. The molecule has 0 aromatic heterocycles. The molecule has 0 saturated carbocycles. The second-order valence-electron chi connectivity index (χ2n) is 5.44. The molecule has 1 amide bonds. The van der Waals surface area contributed by atoms with Crippen molar-refractivity contribution in [2.45, 2.75) is 45.1 Å². The number of hydrogen-bond donors (Lipinski definition) is 3. The molecule has 0 spiro atoms. The van der Waals surface area contributed by atoms with E-state index in [1.165, 1.54) is 7.11 Å². The van der Waals surface area contributed by atoms with Crippen molar-refractivity contribution in [1.29, 1.82) is 0 Å². The predicted molar refractivity (Wildman–Crippen MR) is 75.6 cm³/mol. The lowest BCUT2D eigenvalue weighted by atomic mass is 9.81. The standard InChI is InChI=1S/C14H24N2O5/c1-3-6-14(7-8-15-9-14)13(20)16-10(12(18)19)4-5-11(17)21-2/h10,15H,3-9H2,1-2H3,(H,16,20)(H,18,19)/t10-,14?/m1/s1. The van der Waals surface area contributed by atoms with Gasteiger partial charge in [-0.2, -0.15) is 0 Å². The van der Waals surface area contributed by atoms with Crippen LogP contribution in [0.25, 0.3) is 0 Å². The van der Waals surface area contributed by atoms with E-state index in [4.69, 9.17) is 0 Å². The van der Waals surface area contributed by atoms with Crippen LogP contribution in [0.2, 0.25) is 0 Å². The van der Waals surface area contributed by atoms with Crippen molar-refractivity contribution < 1.29 is 24.2 Å². The van der Waals surface area contributed by atoms with Crippen LogP contribution in [-0.4, -0.2) is 49.2 Å². The first-order valence-electron chi connectivity index (χ1n) is 7.26. The number of amides is 1. The highest BCUT2D eigenvalue weighted by Crippen LogP contribution is 2.31. The Hall–Kier alpha value is -1.63. The number of aliphatic carboxylic acids is 1. The van der Waals surface area contributed by atoms with E-state index in [-0.39, 0.29) is 18.7 Å². The van der Waals surface area contributed by atoms with Gasteiger partial charge in [0.05, 0.1) is 12.5 Å². The van der Waals surface area contributed by atoms with Crippen LogP contribution >= 0.6 is 0 Å². The maximum Gasteiger partial charge on any atom is 0.326 e. The summed E-state index contributed by atoms with van der Waals surface area (Å²) in [5.74, 6) is -1.86. The highest BCUT2D eigenvalue weighted by molar-refractivity contribution is 5.88. The van der Waals surface area contributed by atoms with Crippen LogP contribution in [0.4, 0.5) is 0 Å². The van der Waals surface area contributed by atoms with Crippen molar-refractivity contribution >= 4 is 17.8 Å². The second kappa shape index (κ2) is 7.97. The molecular formula is C14H24N2O5. The molecule has 1 unspecified atom stereocenters. The number of esters is 1. The summed E-state index contributed by atoms with van der Waals surface area (Å²) in [5, 5.41) is 14.9. The Morgan fingerprint density at radius 3 is 2.62 bits per heavy atom. The Bertz CT molecular complexity index is 391. The fraction of sp³-hybridized carbons (Fsp3) is 0.786. The molecule has 3 N–H and O–H groups in total. The van der Waals surface area contributed by atoms with Crippen LogP contribution in [0.1, 0.15) is 39.0 Å². The highest BCUT2D eigenvalue weighted by Gasteiger charge is 2.41. The van der Waals surface area contributed by atoms with Crippen molar-refractivity contribution in [1.82, 2.24) is 10.6 Å². The van der Waals surface area contributed by atoms with E-state index in [1.54, 1.807) is 0 Å². The van der Waals surface area contributed by atoms with E-state index in [0.29, 0.717) is 13.0 Å². The van der Waals surface area contributed by atoms with Gasteiger partial charge in [0.25, 0.3) is 0 Å². The normalized spacial score (nSPS) is 22.6. The molecule has 0 aliphatic carbocycles. The third-order valence-corrected chi connectivity index (χ3v) is 3.92. The first kappa shape index (κ1) is 17.4. The molecule has 7 nitrogen and oxygen atoms in total. The average Bonchev–Trinajstić information content (AvgIpc) is 2.92. The zero-order chi connectivity index (χ0) is 15.9. The van der Waals surface area contributed by atoms with Gasteiger partial charge < -0.3 is 20.5 Å². The quantitative estimate of drug-likeness (QED) is 0.556. The van der Waals surface area contributed by atoms with Crippen LogP contribution < -0.4 is 10.6 Å². The van der Waals surface area contributed by atoms with Gasteiger partial charge >= 0.3 is 11.9 Å². The number of carboxylic acids is 1. The fourth-order valence-corrected chi connectivity index (χ4v) is 2.68. The minimum Gasteiger partial charge on any atom is -0.480 e. The van der Waals surface area contributed by atoms with Crippen molar-refractivity contribution in [3.8, 4) is 0 Å². The van der Waals surface area contributed by atoms with Crippen molar-refractivity contribution in [3.05, 3.63) is 0 Å². The Morgan fingerprint density at radius 2 is 2.14 bits per heavy atom. The number of ether oxygens (including phenoxy) is 1. The third kappa shape index (κ3) is 4.70. The van der Waals surface area contributed by atoms with Crippen molar-refractivity contribution in [3.63, 3.8) is 0 Å². The average molecular weight is 300 g/mol. The summed E-state index contributed by atoms with van der Waals surface area (Å²) in [6.45, 7) is 3.32. The highest BCUT2D eigenvalue weighted by atomic mass is 16.5. The molecule has 0 radical (unpaired) electrons. The zero-order valence-electron chi connectivity index (χ0n) is 12.6. The topological polar surface area (TPSA) is 105 Å². The van der Waals surface area contributed by atoms with Crippen LogP contribution in [0.15, 0.2) is 0 Å². The fourth-order valence-electron chi connectivity index (χ4n) is 2.68. The summed E-state index contributed by atoms with van der Waals surface area (Å²) in [5.41, 5.74) is -0.534. The molecule has 1 aliphatic heterocycles. The van der Waals surface area contributed by atoms with Crippen LogP contribution in [0.3, 0.4) is 0 Å². The number of hydrogen-bond acceptors (Lipinski definition) is 5.